The van der Waals surface area contributed by atoms with Crippen LogP contribution < -0.4 is 10.6 Å². The molecule has 2 unspecified atom stereocenters. The van der Waals surface area contributed by atoms with E-state index in [0.717, 1.165) is 11.1 Å². The number of carbonyl (C=O) groups is 3. The molecule has 1 saturated heterocycles. The van der Waals surface area contributed by atoms with Gasteiger partial charge in [-0.1, -0.05) is 66.2 Å². The molecular weight excluding hydrogens is 605 g/mol. The highest BCUT2D eigenvalue weighted by molar-refractivity contribution is 6.30. The Bertz CT molecular complexity index is 1540. The molecule has 0 aromatic heterocycles. The second-order valence-corrected chi connectivity index (χ2v) is 12.6. The van der Waals surface area contributed by atoms with Crippen molar-refractivity contribution in [3.63, 3.8) is 0 Å². The number of fused-ring (bicyclic) bond motifs is 1. The maximum atomic E-state index is 15.2. The summed E-state index contributed by atoms with van der Waals surface area (Å²) in [6, 6.07) is 20.8. The number of carbonyl (C=O) groups excluding carboxylic acids is 3. The van der Waals surface area contributed by atoms with Crippen molar-refractivity contribution in [3.05, 3.63) is 106 Å². The zero-order valence-electron chi connectivity index (χ0n) is 26.8. The van der Waals surface area contributed by atoms with E-state index in [1.54, 1.807) is 47.1 Å². The highest BCUT2D eigenvalue weighted by atomic mass is 35.5. The molecule has 3 amide bonds. The van der Waals surface area contributed by atoms with Gasteiger partial charge in [-0.3, -0.25) is 19.3 Å². The van der Waals surface area contributed by atoms with Crippen LogP contribution in [0.4, 0.5) is 4.39 Å². The van der Waals surface area contributed by atoms with Crippen LogP contribution in [0.15, 0.2) is 72.8 Å². The van der Waals surface area contributed by atoms with E-state index in [4.69, 9.17) is 11.6 Å². The van der Waals surface area contributed by atoms with Crippen LogP contribution in [0.5, 0.6) is 0 Å². The summed E-state index contributed by atoms with van der Waals surface area (Å²) >= 11 is 6.11. The van der Waals surface area contributed by atoms with Gasteiger partial charge < -0.3 is 20.4 Å². The summed E-state index contributed by atoms with van der Waals surface area (Å²) in [6.45, 7) is 8.72. The Morgan fingerprint density at radius 1 is 0.978 bits per heavy atom. The van der Waals surface area contributed by atoms with Gasteiger partial charge in [-0.15, -0.1) is 0 Å². The Hall–Kier alpha value is -3.79. The number of rotatable bonds is 11. The third kappa shape index (κ3) is 7.12. The molecule has 0 saturated carbocycles. The van der Waals surface area contributed by atoms with Crippen molar-refractivity contribution in [3.8, 4) is 0 Å². The van der Waals surface area contributed by atoms with Crippen molar-refractivity contribution in [1.29, 1.82) is 0 Å². The third-order valence-corrected chi connectivity index (χ3v) is 9.69. The molecule has 2 N–H and O–H groups in total. The van der Waals surface area contributed by atoms with Crippen LogP contribution in [-0.2, 0) is 32.9 Å². The first-order valence-electron chi connectivity index (χ1n) is 16.1. The first-order valence-corrected chi connectivity index (χ1v) is 16.5. The molecule has 0 radical (unpaired) electrons. The molecule has 46 heavy (non-hydrogen) atoms. The number of hydrogen-bond donors (Lipinski definition) is 2. The normalized spacial score (nSPS) is 18.4. The predicted octanol–water partition coefficient (Wildman–Crippen LogP) is 4.67. The van der Waals surface area contributed by atoms with Crippen LogP contribution in [0.25, 0.3) is 0 Å². The van der Waals surface area contributed by atoms with E-state index in [1.165, 1.54) is 11.6 Å². The molecule has 10 heteroatoms. The van der Waals surface area contributed by atoms with Crippen molar-refractivity contribution in [2.24, 2.45) is 0 Å². The van der Waals surface area contributed by atoms with Crippen LogP contribution in [-0.4, -0.2) is 77.7 Å². The average molecular weight is 648 g/mol. The van der Waals surface area contributed by atoms with Gasteiger partial charge in [-0.05, 0) is 55.7 Å². The minimum absolute atomic E-state index is 0.120. The number of benzene rings is 3. The minimum Gasteiger partial charge on any atom is -0.344 e. The topological polar surface area (TPSA) is 85.0 Å². The van der Waals surface area contributed by atoms with Gasteiger partial charge in [-0.25, -0.2) is 4.39 Å². The molecule has 5 rings (SSSR count). The fourth-order valence-corrected chi connectivity index (χ4v) is 6.87. The lowest BCUT2D eigenvalue weighted by atomic mass is 9.87. The highest BCUT2D eigenvalue weighted by Crippen LogP contribution is 2.34. The zero-order chi connectivity index (χ0) is 32.8. The first-order chi connectivity index (χ1) is 22.1. The molecule has 2 aliphatic heterocycles. The Labute approximate surface area is 275 Å². The van der Waals surface area contributed by atoms with Crippen molar-refractivity contribution < 1.29 is 18.8 Å². The molecule has 2 aliphatic rings. The van der Waals surface area contributed by atoms with Crippen LogP contribution in [0, 0.1) is 5.82 Å². The van der Waals surface area contributed by atoms with Gasteiger partial charge in [-0.2, -0.15) is 0 Å². The Morgan fingerprint density at radius 3 is 2.30 bits per heavy atom. The van der Waals surface area contributed by atoms with Crippen molar-refractivity contribution in [1.82, 2.24) is 25.3 Å². The van der Waals surface area contributed by atoms with Gasteiger partial charge in [0.15, 0.2) is 0 Å². The second kappa shape index (κ2) is 14.8. The van der Waals surface area contributed by atoms with E-state index in [0.29, 0.717) is 62.8 Å². The van der Waals surface area contributed by atoms with Gasteiger partial charge in [0.2, 0.25) is 17.7 Å². The Kier molecular flexibility index (Phi) is 10.8. The van der Waals surface area contributed by atoms with Crippen LogP contribution >= 0.6 is 11.6 Å². The summed E-state index contributed by atoms with van der Waals surface area (Å²) < 4.78 is 15.2. The molecule has 3 atom stereocenters. The van der Waals surface area contributed by atoms with Crippen molar-refractivity contribution in [2.45, 2.75) is 57.8 Å². The van der Waals surface area contributed by atoms with Gasteiger partial charge in [0.05, 0.1) is 0 Å². The molecule has 0 bridgehead atoms. The number of amides is 3. The largest absolute Gasteiger partial charge is 0.344 e. The Balaban J connectivity index is 1.32. The summed E-state index contributed by atoms with van der Waals surface area (Å²) in [5.74, 6) is -1.01. The van der Waals surface area contributed by atoms with E-state index in [9.17, 15) is 14.4 Å². The lowest BCUT2D eigenvalue weighted by molar-refractivity contribution is -0.148. The highest BCUT2D eigenvalue weighted by Gasteiger charge is 2.46. The van der Waals surface area contributed by atoms with Crippen LogP contribution in [0.1, 0.15) is 55.5 Å². The number of halogens is 2. The molecule has 1 fully saturated rings. The van der Waals surface area contributed by atoms with Crippen molar-refractivity contribution in [2.75, 3.05) is 39.3 Å². The van der Waals surface area contributed by atoms with E-state index < -0.39 is 17.4 Å². The quantitative estimate of drug-likeness (QED) is 0.316. The standard InChI is InChI=1S/C36H43ClFN5O3/c1-4-41(5-2)35(46)36(3,29-12-8-9-13-30(29)38)43-20-18-42(19-21-43)34(45)32(22-25-14-16-27(37)17-15-25)40-33(44)23-31-28-11-7-6-10-26(28)24-39-31/h6-17,31-32,39H,4-5,18-24H2,1-3H3,(H,40,44)/t31?,32-,36?/m1/s1. The fourth-order valence-electron chi connectivity index (χ4n) is 6.75. The van der Waals surface area contributed by atoms with E-state index in [-0.39, 0.29) is 30.2 Å². The summed E-state index contributed by atoms with van der Waals surface area (Å²) in [5.41, 5.74) is 2.23. The van der Waals surface area contributed by atoms with E-state index in [2.05, 4.69) is 16.7 Å². The Morgan fingerprint density at radius 2 is 1.63 bits per heavy atom. The molecule has 3 aromatic carbocycles. The summed E-state index contributed by atoms with van der Waals surface area (Å²) in [7, 11) is 0. The van der Waals surface area contributed by atoms with Crippen LogP contribution in [0.2, 0.25) is 5.02 Å². The molecule has 244 valence electrons. The number of likely N-dealkylation sites (N-methyl/N-ethyl adjacent to an activating group) is 1. The smallest absolute Gasteiger partial charge is 0.247 e. The maximum Gasteiger partial charge on any atom is 0.247 e. The SMILES string of the molecule is CCN(CC)C(=O)C(C)(c1ccccc1F)N1CCN(C(=O)[C@@H](Cc2ccc(Cl)cc2)NC(=O)CC2NCc3ccccc32)CC1. The summed E-state index contributed by atoms with van der Waals surface area (Å²) in [5, 5.41) is 7.03. The molecule has 0 aliphatic carbocycles. The lowest BCUT2D eigenvalue weighted by Crippen LogP contribution is -2.63. The maximum absolute atomic E-state index is 15.2. The fraction of sp³-hybridized carbons (Fsp3) is 0.417. The molecule has 8 nitrogen and oxygen atoms in total. The van der Waals surface area contributed by atoms with Gasteiger partial charge in [0, 0.05) is 75.3 Å². The first kappa shape index (κ1) is 33.6. The number of piperazine rings is 1. The minimum atomic E-state index is -1.24. The average Bonchev–Trinajstić information content (AvgIpc) is 3.48. The van der Waals surface area contributed by atoms with E-state index in [1.807, 2.05) is 49.1 Å². The number of nitrogens with one attached hydrogen (secondary N) is 2. The van der Waals surface area contributed by atoms with Gasteiger partial charge in [0.1, 0.15) is 17.4 Å². The predicted molar refractivity (Wildman–Crippen MR) is 178 cm³/mol. The molecule has 3 aromatic rings. The summed E-state index contributed by atoms with van der Waals surface area (Å²) in [4.78, 5) is 46.8. The number of nitrogens with zero attached hydrogens (tertiary/aromatic N) is 3. The van der Waals surface area contributed by atoms with Gasteiger partial charge in [0.25, 0.3) is 0 Å². The second-order valence-electron chi connectivity index (χ2n) is 12.1. The van der Waals surface area contributed by atoms with Gasteiger partial charge >= 0.3 is 0 Å². The molecule has 2 heterocycles. The van der Waals surface area contributed by atoms with Crippen LogP contribution in [0.3, 0.4) is 0 Å². The van der Waals surface area contributed by atoms with E-state index >= 15 is 4.39 Å². The summed E-state index contributed by atoms with van der Waals surface area (Å²) in [6.07, 6.45) is 0.522. The lowest BCUT2D eigenvalue weighted by Gasteiger charge is -2.47. The molecule has 0 spiro atoms. The van der Waals surface area contributed by atoms with Crippen molar-refractivity contribution >= 4 is 29.3 Å². The third-order valence-electron chi connectivity index (χ3n) is 9.43. The number of hydrogen-bond acceptors (Lipinski definition) is 5. The monoisotopic (exact) mass is 647 g/mol. The zero-order valence-corrected chi connectivity index (χ0v) is 27.5. The molecular formula is C36H43ClFN5O3.